The van der Waals surface area contributed by atoms with Crippen LogP contribution >= 0.6 is 35.3 Å². The summed E-state index contributed by atoms with van der Waals surface area (Å²) in [5, 5.41) is 2.00. The molecule has 0 atom stereocenters. The van der Waals surface area contributed by atoms with Crippen LogP contribution < -0.4 is 0 Å². The minimum Gasteiger partial charge on any atom is -0.288 e. The van der Waals surface area contributed by atoms with Gasteiger partial charge < -0.3 is 0 Å². The van der Waals surface area contributed by atoms with E-state index in [4.69, 9.17) is 12.2 Å². The number of benzene rings is 1. The Balaban J connectivity index is 1.81. The van der Waals surface area contributed by atoms with E-state index in [0.717, 1.165) is 10.4 Å². The molecule has 2 nitrogen and oxygen atoms in total. The van der Waals surface area contributed by atoms with E-state index in [1.165, 1.54) is 11.8 Å². The number of carbonyl (C=O) groups excluding carboxylic acids is 1. The lowest BCUT2D eigenvalue weighted by Gasteiger charge is -2.14. The molecule has 2 aromatic rings. The van der Waals surface area contributed by atoms with Crippen LogP contribution in [0.25, 0.3) is 6.08 Å². The molecule has 100 valence electrons. The molecule has 1 amide bonds. The molecule has 1 aromatic carbocycles. The number of nitrogens with zero attached hydrogens (tertiary/aromatic N) is 1. The van der Waals surface area contributed by atoms with Crippen molar-refractivity contribution < 1.29 is 4.79 Å². The molecule has 0 spiro atoms. The Morgan fingerprint density at radius 3 is 2.65 bits per heavy atom. The van der Waals surface area contributed by atoms with Crippen molar-refractivity contribution in [1.82, 2.24) is 4.90 Å². The minimum atomic E-state index is -0.00254. The molecule has 0 saturated carbocycles. The molecule has 0 N–H and O–H groups in total. The van der Waals surface area contributed by atoms with Crippen LogP contribution in [-0.4, -0.2) is 15.1 Å². The highest BCUT2D eigenvalue weighted by molar-refractivity contribution is 8.26. The van der Waals surface area contributed by atoms with Gasteiger partial charge in [0.15, 0.2) is 0 Å². The molecule has 0 radical (unpaired) electrons. The average molecular weight is 317 g/mol. The van der Waals surface area contributed by atoms with Crippen molar-refractivity contribution in [2.75, 3.05) is 0 Å². The molecule has 5 heteroatoms. The highest BCUT2D eigenvalue weighted by atomic mass is 32.2. The lowest BCUT2D eigenvalue weighted by molar-refractivity contribution is -0.122. The first-order valence-corrected chi connectivity index (χ1v) is 8.17. The van der Waals surface area contributed by atoms with Crippen LogP contribution in [0.5, 0.6) is 0 Å². The lowest BCUT2D eigenvalue weighted by atomic mass is 10.2. The van der Waals surface area contributed by atoms with E-state index in [2.05, 4.69) is 0 Å². The van der Waals surface area contributed by atoms with Crippen molar-refractivity contribution >= 4 is 51.6 Å². The van der Waals surface area contributed by atoms with E-state index >= 15 is 0 Å². The maximum Gasteiger partial charge on any atom is 0.266 e. The molecular formula is C15H11NOS3. The Morgan fingerprint density at radius 1 is 1.15 bits per heavy atom. The molecule has 1 aromatic heterocycles. The van der Waals surface area contributed by atoms with E-state index in [1.54, 1.807) is 16.2 Å². The summed E-state index contributed by atoms with van der Waals surface area (Å²) in [4.78, 5) is 15.8. The maximum absolute atomic E-state index is 12.4. The third kappa shape index (κ3) is 2.85. The summed E-state index contributed by atoms with van der Waals surface area (Å²) in [5.41, 5.74) is 1.08. The largest absolute Gasteiger partial charge is 0.288 e. The lowest BCUT2D eigenvalue weighted by Crippen LogP contribution is -2.27. The second kappa shape index (κ2) is 5.91. The molecule has 1 aliphatic rings. The van der Waals surface area contributed by atoms with Crippen LogP contribution in [0.1, 0.15) is 10.4 Å². The Kier molecular flexibility index (Phi) is 4.00. The van der Waals surface area contributed by atoms with Gasteiger partial charge in [-0.05, 0) is 23.1 Å². The second-order valence-corrected chi connectivity index (χ2v) is 6.92. The van der Waals surface area contributed by atoms with Gasteiger partial charge in [0, 0.05) is 4.88 Å². The fourth-order valence-electron chi connectivity index (χ4n) is 1.90. The van der Waals surface area contributed by atoms with Gasteiger partial charge in [0.05, 0.1) is 11.4 Å². The number of carbonyl (C=O) groups is 1. The molecule has 3 rings (SSSR count). The zero-order valence-electron chi connectivity index (χ0n) is 10.5. The summed E-state index contributed by atoms with van der Waals surface area (Å²) < 4.78 is 0.627. The molecule has 20 heavy (non-hydrogen) atoms. The molecule has 0 bridgehead atoms. The number of thioether (sulfide) groups is 1. The van der Waals surface area contributed by atoms with Gasteiger partial charge in [-0.1, -0.05) is 60.4 Å². The predicted octanol–water partition coefficient (Wildman–Crippen LogP) is 4.15. The topological polar surface area (TPSA) is 20.3 Å². The minimum absolute atomic E-state index is 0.00254. The fraction of sp³-hybridized carbons (Fsp3) is 0.0667. The number of amides is 1. The Labute approximate surface area is 131 Å². The van der Waals surface area contributed by atoms with Gasteiger partial charge >= 0.3 is 0 Å². The quantitative estimate of drug-likeness (QED) is 0.626. The first kappa shape index (κ1) is 13.5. The Hall–Kier alpha value is -1.43. The normalized spacial score (nSPS) is 17.2. The van der Waals surface area contributed by atoms with Crippen LogP contribution in [0, 0.1) is 0 Å². The number of thiophene rings is 1. The van der Waals surface area contributed by atoms with E-state index in [-0.39, 0.29) is 5.91 Å². The molecule has 0 aliphatic carbocycles. The van der Waals surface area contributed by atoms with E-state index in [1.807, 2.05) is 53.9 Å². The highest BCUT2D eigenvalue weighted by Gasteiger charge is 2.31. The third-order valence-electron chi connectivity index (χ3n) is 2.87. The van der Waals surface area contributed by atoms with Crippen molar-refractivity contribution in [2.24, 2.45) is 0 Å². The maximum atomic E-state index is 12.4. The van der Waals surface area contributed by atoms with Gasteiger partial charge in [-0.15, -0.1) is 11.3 Å². The van der Waals surface area contributed by atoms with Crippen molar-refractivity contribution in [3.05, 3.63) is 63.2 Å². The van der Waals surface area contributed by atoms with Gasteiger partial charge in [-0.3, -0.25) is 9.69 Å². The van der Waals surface area contributed by atoms with Gasteiger partial charge in [0.1, 0.15) is 4.32 Å². The van der Waals surface area contributed by atoms with Gasteiger partial charge in [-0.25, -0.2) is 0 Å². The molecule has 1 aliphatic heterocycles. The van der Waals surface area contributed by atoms with Crippen LogP contribution in [0.2, 0.25) is 0 Å². The van der Waals surface area contributed by atoms with Crippen molar-refractivity contribution in [2.45, 2.75) is 6.54 Å². The summed E-state index contributed by atoms with van der Waals surface area (Å²) in [6.07, 6.45) is 1.91. The summed E-state index contributed by atoms with van der Waals surface area (Å²) in [6.45, 7) is 0.535. The zero-order valence-corrected chi connectivity index (χ0v) is 12.9. The SMILES string of the molecule is O=C1/C(=C\c2cccs2)SC(=S)N1Cc1ccccc1. The second-order valence-electron chi connectivity index (χ2n) is 4.27. The predicted molar refractivity (Wildman–Crippen MR) is 89.5 cm³/mol. The summed E-state index contributed by atoms with van der Waals surface area (Å²) in [5.74, 6) is -0.00254. The van der Waals surface area contributed by atoms with Crippen LogP contribution in [0.4, 0.5) is 0 Å². The van der Waals surface area contributed by atoms with Crippen molar-refractivity contribution in [3.63, 3.8) is 0 Å². The van der Waals surface area contributed by atoms with E-state index in [0.29, 0.717) is 15.8 Å². The van der Waals surface area contributed by atoms with Gasteiger partial charge in [-0.2, -0.15) is 0 Å². The first-order chi connectivity index (χ1) is 9.74. The summed E-state index contributed by atoms with van der Waals surface area (Å²) >= 11 is 8.31. The third-order valence-corrected chi connectivity index (χ3v) is 5.07. The molecule has 2 heterocycles. The Bertz CT molecular complexity index is 662. The van der Waals surface area contributed by atoms with E-state index < -0.39 is 0 Å². The smallest absolute Gasteiger partial charge is 0.266 e. The van der Waals surface area contributed by atoms with E-state index in [9.17, 15) is 4.79 Å². The number of rotatable bonds is 3. The summed E-state index contributed by atoms with van der Waals surface area (Å²) in [6, 6.07) is 13.9. The standard InChI is InChI=1S/C15H11NOS3/c17-14-13(9-12-7-4-8-19-12)20-15(18)16(14)10-11-5-2-1-3-6-11/h1-9H,10H2/b13-9+. The molecular weight excluding hydrogens is 306 g/mol. The fourth-order valence-corrected chi connectivity index (χ4v) is 3.88. The van der Waals surface area contributed by atoms with Crippen molar-refractivity contribution in [3.8, 4) is 0 Å². The summed E-state index contributed by atoms with van der Waals surface area (Å²) in [7, 11) is 0. The number of hydrogen-bond donors (Lipinski definition) is 0. The molecule has 1 fully saturated rings. The molecule has 0 unspecified atom stereocenters. The first-order valence-electron chi connectivity index (χ1n) is 6.07. The van der Waals surface area contributed by atoms with Crippen molar-refractivity contribution in [1.29, 1.82) is 0 Å². The number of hydrogen-bond acceptors (Lipinski definition) is 4. The average Bonchev–Trinajstić information content (AvgIpc) is 3.05. The molecule has 1 saturated heterocycles. The van der Waals surface area contributed by atoms with Gasteiger partial charge in [0.2, 0.25) is 0 Å². The monoisotopic (exact) mass is 317 g/mol. The van der Waals surface area contributed by atoms with Crippen LogP contribution in [0.15, 0.2) is 52.7 Å². The van der Waals surface area contributed by atoms with Gasteiger partial charge in [0.25, 0.3) is 5.91 Å². The zero-order chi connectivity index (χ0) is 13.9. The number of thiocarbonyl (C=S) groups is 1. The van der Waals surface area contributed by atoms with Crippen LogP contribution in [-0.2, 0) is 11.3 Å². The highest BCUT2D eigenvalue weighted by Crippen LogP contribution is 2.34. The Morgan fingerprint density at radius 2 is 1.95 bits per heavy atom. The van der Waals surface area contributed by atoms with Crippen LogP contribution in [0.3, 0.4) is 0 Å².